The largest absolute Gasteiger partial charge is 0.497 e. The molecule has 2 N–H and O–H groups in total. The van der Waals surface area contributed by atoms with Crippen LogP contribution in [0.25, 0.3) is 0 Å². The predicted octanol–water partition coefficient (Wildman–Crippen LogP) is 3.17. The van der Waals surface area contributed by atoms with Crippen molar-refractivity contribution in [2.75, 3.05) is 26.9 Å². The van der Waals surface area contributed by atoms with E-state index in [4.69, 9.17) is 10.5 Å². The van der Waals surface area contributed by atoms with Crippen LogP contribution in [0.2, 0.25) is 0 Å². The lowest BCUT2D eigenvalue weighted by Gasteiger charge is -2.15. The average molecular weight is 305 g/mol. The van der Waals surface area contributed by atoms with E-state index in [1.807, 2.05) is 24.3 Å². The van der Waals surface area contributed by atoms with Gasteiger partial charge in [-0.1, -0.05) is 12.1 Å². The van der Waals surface area contributed by atoms with Gasteiger partial charge >= 0.3 is 6.18 Å². The zero-order valence-corrected chi connectivity index (χ0v) is 12.2. The molecule has 0 aliphatic carbocycles. The van der Waals surface area contributed by atoms with Crippen molar-refractivity contribution in [1.82, 2.24) is 0 Å². The van der Waals surface area contributed by atoms with Gasteiger partial charge in [-0.3, -0.25) is 0 Å². The zero-order valence-electron chi connectivity index (χ0n) is 12.2. The highest BCUT2D eigenvalue weighted by molar-refractivity contribution is 5.28. The molecule has 0 saturated heterocycles. The number of halogens is 3. The van der Waals surface area contributed by atoms with E-state index in [2.05, 4.69) is 4.74 Å². The van der Waals surface area contributed by atoms with Gasteiger partial charge in [0, 0.05) is 6.61 Å². The van der Waals surface area contributed by atoms with E-state index in [0.717, 1.165) is 24.2 Å². The summed E-state index contributed by atoms with van der Waals surface area (Å²) in [4.78, 5) is 0. The first kappa shape index (κ1) is 17.8. The number of hydrogen-bond acceptors (Lipinski definition) is 3. The molecule has 0 aromatic heterocycles. The monoisotopic (exact) mass is 305 g/mol. The summed E-state index contributed by atoms with van der Waals surface area (Å²) in [7, 11) is 1.61. The second-order valence-electron chi connectivity index (χ2n) is 4.97. The Morgan fingerprint density at radius 2 is 2.05 bits per heavy atom. The van der Waals surface area contributed by atoms with E-state index < -0.39 is 12.8 Å². The third kappa shape index (κ3) is 7.92. The van der Waals surface area contributed by atoms with Crippen molar-refractivity contribution in [2.45, 2.75) is 25.4 Å². The molecule has 1 atom stereocenters. The standard InChI is InChI=1S/C15H22F3NO2/c1-20-14-6-2-4-12(9-14)8-13(10-19)5-3-7-21-11-15(16,17)18/h2,4,6,9,13H,3,5,7-8,10-11,19H2,1H3. The van der Waals surface area contributed by atoms with Gasteiger partial charge in [-0.25, -0.2) is 0 Å². The molecule has 0 fully saturated rings. The Hall–Kier alpha value is -1.27. The summed E-state index contributed by atoms with van der Waals surface area (Å²) in [6, 6.07) is 7.72. The molecule has 0 spiro atoms. The van der Waals surface area contributed by atoms with Gasteiger partial charge in [-0.15, -0.1) is 0 Å². The van der Waals surface area contributed by atoms with Crippen molar-refractivity contribution in [2.24, 2.45) is 11.7 Å². The summed E-state index contributed by atoms with van der Waals surface area (Å²) in [5, 5.41) is 0. The van der Waals surface area contributed by atoms with Crippen molar-refractivity contribution in [1.29, 1.82) is 0 Å². The minimum atomic E-state index is -4.26. The highest BCUT2D eigenvalue weighted by Crippen LogP contribution is 2.19. The Morgan fingerprint density at radius 3 is 2.67 bits per heavy atom. The quantitative estimate of drug-likeness (QED) is 0.713. The number of rotatable bonds is 9. The van der Waals surface area contributed by atoms with Crippen LogP contribution in [-0.2, 0) is 11.2 Å². The van der Waals surface area contributed by atoms with Crippen LogP contribution in [0, 0.1) is 5.92 Å². The molecule has 0 amide bonds. The molecule has 1 unspecified atom stereocenters. The fourth-order valence-corrected chi connectivity index (χ4v) is 2.10. The number of ether oxygens (including phenoxy) is 2. The molecular weight excluding hydrogens is 283 g/mol. The molecule has 0 bridgehead atoms. The van der Waals surface area contributed by atoms with Crippen molar-refractivity contribution in [3.63, 3.8) is 0 Å². The van der Waals surface area contributed by atoms with Crippen molar-refractivity contribution >= 4 is 0 Å². The Labute approximate surface area is 123 Å². The van der Waals surface area contributed by atoms with E-state index >= 15 is 0 Å². The molecule has 120 valence electrons. The first-order valence-corrected chi connectivity index (χ1v) is 6.92. The number of methoxy groups -OCH3 is 1. The Bertz CT molecular complexity index is 410. The molecule has 21 heavy (non-hydrogen) atoms. The van der Waals surface area contributed by atoms with Crippen LogP contribution < -0.4 is 10.5 Å². The highest BCUT2D eigenvalue weighted by atomic mass is 19.4. The summed E-state index contributed by atoms with van der Waals surface area (Å²) < 4.78 is 45.5. The van der Waals surface area contributed by atoms with E-state index in [-0.39, 0.29) is 12.5 Å². The minimum absolute atomic E-state index is 0.105. The molecule has 0 heterocycles. The van der Waals surface area contributed by atoms with Crippen LogP contribution in [0.3, 0.4) is 0 Å². The van der Waals surface area contributed by atoms with Crippen LogP contribution in [0.15, 0.2) is 24.3 Å². The maximum absolute atomic E-state index is 11.9. The normalized spacial score (nSPS) is 13.2. The fourth-order valence-electron chi connectivity index (χ4n) is 2.10. The number of nitrogens with two attached hydrogens (primary N) is 1. The van der Waals surface area contributed by atoms with Crippen LogP contribution in [0.5, 0.6) is 5.75 Å². The maximum Gasteiger partial charge on any atom is 0.411 e. The molecule has 6 heteroatoms. The summed E-state index contributed by atoms with van der Waals surface area (Å²) in [5.41, 5.74) is 6.84. The topological polar surface area (TPSA) is 44.5 Å². The lowest BCUT2D eigenvalue weighted by atomic mass is 9.95. The van der Waals surface area contributed by atoms with Crippen LogP contribution in [0.4, 0.5) is 13.2 Å². The van der Waals surface area contributed by atoms with Gasteiger partial charge in [0.15, 0.2) is 0 Å². The van der Waals surface area contributed by atoms with E-state index in [0.29, 0.717) is 13.0 Å². The highest BCUT2D eigenvalue weighted by Gasteiger charge is 2.27. The maximum atomic E-state index is 11.9. The van der Waals surface area contributed by atoms with E-state index in [1.165, 1.54) is 0 Å². The summed E-state index contributed by atoms with van der Waals surface area (Å²) >= 11 is 0. The van der Waals surface area contributed by atoms with Gasteiger partial charge < -0.3 is 15.2 Å². The van der Waals surface area contributed by atoms with Gasteiger partial charge in [0.1, 0.15) is 12.4 Å². The second kappa shape index (κ2) is 8.89. The Morgan fingerprint density at radius 1 is 1.29 bits per heavy atom. The van der Waals surface area contributed by atoms with Gasteiger partial charge in [-0.05, 0) is 49.4 Å². The van der Waals surface area contributed by atoms with Crippen molar-refractivity contribution in [3.8, 4) is 5.75 Å². The molecule has 0 radical (unpaired) electrons. The molecule has 0 aliphatic rings. The molecule has 1 aromatic rings. The van der Waals surface area contributed by atoms with Crippen LogP contribution in [0.1, 0.15) is 18.4 Å². The summed E-state index contributed by atoms with van der Waals surface area (Å²) in [6.07, 6.45) is -2.16. The summed E-state index contributed by atoms with van der Waals surface area (Å²) in [5.74, 6) is 1.02. The van der Waals surface area contributed by atoms with Gasteiger partial charge in [-0.2, -0.15) is 13.2 Å². The predicted molar refractivity (Wildman–Crippen MR) is 75.4 cm³/mol. The first-order chi connectivity index (χ1) is 9.94. The fraction of sp³-hybridized carbons (Fsp3) is 0.600. The zero-order chi connectivity index (χ0) is 15.7. The smallest absolute Gasteiger partial charge is 0.411 e. The molecule has 0 aliphatic heterocycles. The van der Waals surface area contributed by atoms with Crippen molar-refractivity contribution in [3.05, 3.63) is 29.8 Å². The SMILES string of the molecule is COc1cccc(CC(CN)CCCOCC(F)(F)F)c1. The average Bonchev–Trinajstić information content (AvgIpc) is 2.44. The van der Waals surface area contributed by atoms with Crippen LogP contribution in [-0.4, -0.2) is 33.0 Å². The number of hydrogen-bond donors (Lipinski definition) is 1. The molecule has 3 nitrogen and oxygen atoms in total. The van der Waals surface area contributed by atoms with Gasteiger partial charge in [0.25, 0.3) is 0 Å². The number of alkyl halides is 3. The van der Waals surface area contributed by atoms with E-state index in [1.54, 1.807) is 7.11 Å². The molecule has 1 aromatic carbocycles. The van der Waals surface area contributed by atoms with E-state index in [9.17, 15) is 13.2 Å². The van der Waals surface area contributed by atoms with Gasteiger partial charge in [0.2, 0.25) is 0 Å². The lowest BCUT2D eigenvalue weighted by molar-refractivity contribution is -0.174. The van der Waals surface area contributed by atoms with Gasteiger partial charge in [0.05, 0.1) is 7.11 Å². The number of benzene rings is 1. The third-order valence-corrected chi connectivity index (χ3v) is 3.16. The Balaban J connectivity index is 2.31. The molecule has 1 rings (SSSR count). The minimum Gasteiger partial charge on any atom is -0.497 e. The lowest BCUT2D eigenvalue weighted by Crippen LogP contribution is -2.19. The second-order valence-corrected chi connectivity index (χ2v) is 4.97. The Kier molecular flexibility index (Phi) is 7.53. The van der Waals surface area contributed by atoms with Crippen molar-refractivity contribution < 1.29 is 22.6 Å². The first-order valence-electron chi connectivity index (χ1n) is 6.92. The summed E-state index contributed by atoms with van der Waals surface area (Å²) in [6.45, 7) is -0.583. The molecule has 0 saturated carbocycles. The third-order valence-electron chi connectivity index (χ3n) is 3.16. The van der Waals surface area contributed by atoms with Crippen LogP contribution >= 0.6 is 0 Å². The molecular formula is C15H22F3NO2.